The monoisotopic (exact) mass is 1100 g/mol. The van der Waals surface area contributed by atoms with Crippen molar-refractivity contribution in [3.8, 4) is 74.1 Å². The zero-order valence-electron chi connectivity index (χ0n) is 46.0. The van der Waals surface area contributed by atoms with Crippen molar-refractivity contribution in [2.45, 2.75) is 0 Å². The van der Waals surface area contributed by atoms with Gasteiger partial charge in [0.25, 0.3) is 0 Å². The van der Waals surface area contributed by atoms with Gasteiger partial charge in [-0.3, -0.25) is 0 Å². The Morgan fingerprint density at radius 3 is 1.24 bits per heavy atom. The van der Waals surface area contributed by atoms with E-state index in [0.29, 0.717) is 28.7 Å². The lowest BCUT2D eigenvalue weighted by Crippen LogP contribution is -2.05. The van der Waals surface area contributed by atoms with Crippen LogP contribution in [0.5, 0.6) is 0 Å². The molecule has 17 rings (SSSR count). The van der Waals surface area contributed by atoms with Crippen LogP contribution in [-0.2, 0) is 0 Å². The molecule has 17 aromatic rings. The number of para-hydroxylation sites is 6. The van der Waals surface area contributed by atoms with Gasteiger partial charge in [-0.1, -0.05) is 182 Å². The number of fused-ring (bicyclic) bond motifs is 14. The normalized spacial score (nSPS) is 11.7. The van der Waals surface area contributed by atoms with Crippen LogP contribution in [0.2, 0.25) is 0 Å². The molecular weight excluding hydrogens is 1050 g/mol. The Bertz CT molecular complexity index is 5720. The molecule has 5 heterocycles. The number of hydrogen-bond donors (Lipinski definition) is 0. The van der Waals surface area contributed by atoms with Gasteiger partial charge in [0.2, 0.25) is 0 Å². The van der Waals surface area contributed by atoms with Gasteiger partial charge in [0.05, 0.1) is 68.0 Å². The lowest BCUT2D eigenvalue weighted by molar-refractivity contribution is 1.06. The Kier molecular flexibility index (Phi) is 10.8. The molecule has 0 amide bonds. The highest BCUT2D eigenvalue weighted by atomic mass is 15.1. The average molecular weight is 1100 g/mol. The van der Waals surface area contributed by atoms with Gasteiger partial charge in [-0.25, -0.2) is 19.8 Å². The second-order valence-corrected chi connectivity index (χ2v) is 21.7. The third kappa shape index (κ3) is 7.32. The predicted octanol–water partition coefficient (Wildman–Crippen LogP) is 19.4. The zero-order valence-corrected chi connectivity index (χ0v) is 46.0. The minimum Gasteiger partial charge on any atom is -0.310 e. The summed E-state index contributed by atoms with van der Waals surface area (Å²) in [6, 6.07) is 97.2. The average Bonchev–Trinajstić information content (AvgIpc) is 1.82. The topological polar surface area (TPSA) is 86.5 Å². The van der Waals surface area contributed by atoms with Crippen molar-refractivity contribution in [3.63, 3.8) is 0 Å². The first kappa shape index (κ1) is 48.5. The van der Waals surface area contributed by atoms with Crippen LogP contribution in [-0.4, -0.2) is 33.2 Å². The lowest BCUT2D eigenvalue weighted by atomic mass is 10.00. The Labute approximate surface area is 492 Å². The summed E-state index contributed by atoms with van der Waals surface area (Å²) in [5, 5.41) is 18.9. The Balaban J connectivity index is 0.957. The summed E-state index contributed by atoms with van der Waals surface area (Å²) in [5.74, 6) is 1.42. The lowest BCUT2D eigenvalue weighted by Gasteiger charge is -2.18. The maximum atomic E-state index is 9.87. The summed E-state index contributed by atoms with van der Waals surface area (Å²) in [4.78, 5) is 20.6. The molecule has 0 bridgehead atoms. The van der Waals surface area contributed by atoms with E-state index >= 15 is 0 Å². The highest BCUT2D eigenvalue weighted by molar-refractivity contribution is 6.28. The fourth-order valence-electron chi connectivity index (χ4n) is 13.3. The van der Waals surface area contributed by atoms with Crippen molar-refractivity contribution in [3.05, 3.63) is 290 Å². The second-order valence-electron chi connectivity index (χ2n) is 21.7. The van der Waals surface area contributed by atoms with E-state index < -0.39 is 0 Å². The number of aromatic nitrogens is 7. The summed E-state index contributed by atoms with van der Waals surface area (Å²) < 4.78 is 9.45. The van der Waals surface area contributed by atoms with Gasteiger partial charge in [-0.05, 0) is 102 Å². The first-order chi connectivity index (χ1) is 42.6. The molecule has 0 aliphatic rings. The van der Waals surface area contributed by atoms with Crippen molar-refractivity contribution >= 4 is 92.9 Å². The summed E-state index contributed by atoms with van der Waals surface area (Å²) in [7, 11) is 0. The van der Waals surface area contributed by atoms with Gasteiger partial charge < -0.3 is 18.3 Å². The Hall–Kier alpha value is -12.2. The first-order valence-electron chi connectivity index (χ1n) is 28.6. The maximum Gasteiger partial charge on any atom is 0.189 e. The fourth-order valence-corrected chi connectivity index (χ4v) is 13.3. The SMILES string of the molecule is [C-]#[N+]c1ccc(-c2nc(-c3ccccc3)nc(-c3ccc(-c4ccc(C#N)cc4)cc3-n3c4ccccc4c4c3ccc3c5ccccc5n(-c5ccccc5)c34)n2)c(-n2c3ccccc3c3c2ccc2c4ccccc4n(-c4ccccc4)c23)c1. The van der Waals surface area contributed by atoms with Crippen LogP contribution in [0, 0.1) is 17.9 Å². The molecular formula is C77H45N9. The van der Waals surface area contributed by atoms with Crippen molar-refractivity contribution in [1.82, 2.24) is 33.2 Å². The molecule has 0 radical (unpaired) electrons. The van der Waals surface area contributed by atoms with E-state index in [2.05, 4.69) is 229 Å². The minimum atomic E-state index is 0.448. The predicted molar refractivity (Wildman–Crippen MR) is 350 cm³/mol. The van der Waals surface area contributed by atoms with Gasteiger partial charge in [0.1, 0.15) is 0 Å². The van der Waals surface area contributed by atoms with Gasteiger partial charge in [-0.15, -0.1) is 0 Å². The molecule has 0 saturated heterocycles. The number of benzene rings is 12. The van der Waals surface area contributed by atoms with Gasteiger partial charge >= 0.3 is 0 Å². The Morgan fingerprint density at radius 2 is 0.744 bits per heavy atom. The highest BCUT2D eigenvalue weighted by Crippen LogP contribution is 2.47. The van der Waals surface area contributed by atoms with E-state index in [1.54, 1.807) is 0 Å². The summed E-state index contributed by atoms with van der Waals surface area (Å²) in [5.41, 5.74) is 17.5. The molecule has 0 spiro atoms. The largest absolute Gasteiger partial charge is 0.310 e. The summed E-state index contributed by atoms with van der Waals surface area (Å²) in [6.07, 6.45) is 0. The van der Waals surface area contributed by atoms with E-state index in [-0.39, 0.29) is 0 Å². The third-order valence-corrected chi connectivity index (χ3v) is 17.1. The summed E-state index contributed by atoms with van der Waals surface area (Å²) >= 11 is 0. The van der Waals surface area contributed by atoms with Crippen LogP contribution < -0.4 is 0 Å². The van der Waals surface area contributed by atoms with E-state index in [1.807, 2.05) is 72.8 Å². The van der Waals surface area contributed by atoms with Crippen molar-refractivity contribution in [2.75, 3.05) is 0 Å². The van der Waals surface area contributed by atoms with Crippen molar-refractivity contribution < 1.29 is 0 Å². The molecule has 9 heteroatoms. The summed E-state index contributed by atoms with van der Waals surface area (Å²) in [6.45, 7) is 8.44. The van der Waals surface area contributed by atoms with Crippen LogP contribution >= 0.6 is 0 Å². The van der Waals surface area contributed by atoms with Gasteiger partial charge in [0, 0.05) is 76.8 Å². The molecule has 5 aromatic heterocycles. The number of rotatable bonds is 8. The van der Waals surface area contributed by atoms with E-state index in [4.69, 9.17) is 21.5 Å². The van der Waals surface area contributed by atoms with Crippen LogP contribution in [0.1, 0.15) is 5.56 Å². The maximum absolute atomic E-state index is 9.87. The fraction of sp³-hybridized carbons (Fsp3) is 0. The molecule has 398 valence electrons. The van der Waals surface area contributed by atoms with E-state index in [9.17, 15) is 5.26 Å². The number of nitrogens with zero attached hydrogens (tertiary/aromatic N) is 9. The molecule has 0 saturated carbocycles. The smallest absolute Gasteiger partial charge is 0.189 e. The minimum absolute atomic E-state index is 0.448. The molecule has 0 aliphatic heterocycles. The molecule has 0 aliphatic carbocycles. The second kappa shape index (κ2) is 19.2. The van der Waals surface area contributed by atoms with Gasteiger partial charge in [0.15, 0.2) is 23.2 Å². The molecule has 0 unspecified atom stereocenters. The molecule has 0 atom stereocenters. The van der Waals surface area contributed by atoms with Gasteiger partial charge in [-0.2, -0.15) is 5.26 Å². The molecule has 0 fully saturated rings. The van der Waals surface area contributed by atoms with Crippen LogP contribution in [0.15, 0.2) is 273 Å². The van der Waals surface area contributed by atoms with Crippen molar-refractivity contribution in [1.29, 1.82) is 5.26 Å². The van der Waals surface area contributed by atoms with E-state index in [0.717, 1.165) is 127 Å². The molecule has 12 aromatic carbocycles. The molecule has 9 nitrogen and oxygen atoms in total. The van der Waals surface area contributed by atoms with Crippen LogP contribution in [0.3, 0.4) is 0 Å². The third-order valence-electron chi connectivity index (χ3n) is 17.1. The Morgan fingerprint density at radius 1 is 0.326 bits per heavy atom. The number of nitriles is 1. The van der Waals surface area contributed by atoms with E-state index in [1.165, 1.54) is 10.8 Å². The molecule has 86 heavy (non-hydrogen) atoms. The highest BCUT2D eigenvalue weighted by Gasteiger charge is 2.27. The zero-order chi connectivity index (χ0) is 57.0. The number of hydrogen-bond acceptors (Lipinski definition) is 4. The standard InChI is InChI=1S/C77H45N9/c1-79-52-38-40-62(70(46-52)86-66-32-18-14-28-60(66)72-68(86)44-42-58-56-26-12-16-30-64(56)84(74(58)72)54-23-9-4-10-24-54)77-81-75(50-19-5-2-6-20-50)80-76(82-77)61-39-37-51(49-35-33-48(47-78)34-36-49)45-69(61)85-65-31-17-13-27-59(65)71-67(85)43-41-57-55-25-11-15-29-63(55)83(73(57)71)53-21-7-3-8-22-53/h2-46H. The molecule has 0 N–H and O–H groups in total. The van der Waals surface area contributed by atoms with Crippen LogP contribution in [0.25, 0.3) is 160 Å². The van der Waals surface area contributed by atoms with Crippen LogP contribution in [0.4, 0.5) is 5.69 Å². The quantitative estimate of drug-likeness (QED) is 0.142. The van der Waals surface area contributed by atoms with Crippen molar-refractivity contribution in [2.24, 2.45) is 0 Å². The first-order valence-corrected chi connectivity index (χ1v) is 28.6.